The fraction of sp³-hybridized carbons (Fsp3) is 0.333. The number of carboxylic acids is 2. The molecule has 8 heteroatoms. The average Bonchev–Trinajstić information content (AvgIpc) is 2.60. The summed E-state index contributed by atoms with van der Waals surface area (Å²) >= 11 is 0. The maximum Gasteiger partial charge on any atom is 0.321 e. The van der Waals surface area contributed by atoms with Gasteiger partial charge in [0.15, 0.2) is 0 Å². The number of hydrogen-bond donors (Lipinski definition) is 3. The van der Waals surface area contributed by atoms with Crippen molar-refractivity contribution < 1.29 is 33.3 Å². The van der Waals surface area contributed by atoms with Crippen molar-refractivity contribution in [2.75, 3.05) is 0 Å². The fourth-order valence-corrected chi connectivity index (χ4v) is 2.82. The highest BCUT2D eigenvalue weighted by atomic mass is 19.1. The SMILES string of the molecule is CC(C)C[C@H](N[C@@H](Cc1ccc(Oc2cc(F)cc(F)c2)cc1)C(=O)O)C(=O)O. The number of carbonyl (C=O) groups is 2. The first-order valence-corrected chi connectivity index (χ1v) is 9.08. The van der Waals surface area contributed by atoms with Crippen LogP contribution in [0.2, 0.25) is 0 Å². The van der Waals surface area contributed by atoms with Gasteiger partial charge in [-0.2, -0.15) is 0 Å². The molecule has 0 saturated carbocycles. The standard InChI is InChI=1S/C21H23F2NO5/c1-12(2)7-18(20(25)26)24-19(21(27)28)8-13-3-5-16(6-4-13)29-17-10-14(22)9-15(23)11-17/h3-6,9-12,18-19,24H,7-8H2,1-2H3,(H,25,26)(H,27,28)/t18-,19-/m0/s1. The van der Waals surface area contributed by atoms with Crippen molar-refractivity contribution >= 4 is 11.9 Å². The lowest BCUT2D eigenvalue weighted by molar-refractivity contribution is -0.142. The van der Waals surface area contributed by atoms with Gasteiger partial charge in [0.1, 0.15) is 35.2 Å². The van der Waals surface area contributed by atoms with Crippen LogP contribution in [0.4, 0.5) is 8.78 Å². The molecule has 0 aromatic heterocycles. The molecule has 0 saturated heterocycles. The van der Waals surface area contributed by atoms with Crippen LogP contribution < -0.4 is 10.1 Å². The second-order valence-electron chi connectivity index (χ2n) is 7.13. The smallest absolute Gasteiger partial charge is 0.321 e. The molecule has 156 valence electrons. The van der Waals surface area contributed by atoms with Crippen molar-refractivity contribution in [3.63, 3.8) is 0 Å². The zero-order valence-corrected chi connectivity index (χ0v) is 16.1. The van der Waals surface area contributed by atoms with Gasteiger partial charge in [-0.3, -0.25) is 14.9 Å². The van der Waals surface area contributed by atoms with Gasteiger partial charge >= 0.3 is 11.9 Å². The highest BCUT2D eigenvalue weighted by Gasteiger charge is 2.26. The summed E-state index contributed by atoms with van der Waals surface area (Å²) in [5, 5.41) is 21.4. The van der Waals surface area contributed by atoms with Crippen LogP contribution in [0.5, 0.6) is 11.5 Å². The van der Waals surface area contributed by atoms with Gasteiger partial charge < -0.3 is 14.9 Å². The Bertz CT molecular complexity index is 834. The summed E-state index contributed by atoms with van der Waals surface area (Å²) in [5.41, 5.74) is 0.636. The Morgan fingerprint density at radius 3 is 1.97 bits per heavy atom. The first-order valence-electron chi connectivity index (χ1n) is 9.08. The van der Waals surface area contributed by atoms with Crippen LogP contribution in [0.25, 0.3) is 0 Å². The van der Waals surface area contributed by atoms with Crippen LogP contribution in [-0.2, 0) is 16.0 Å². The molecule has 2 aromatic rings. The summed E-state index contributed by atoms with van der Waals surface area (Å²) in [7, 11) is 0. The predicted molar refractivity (Wildman–Crippen MR) is 102 cm³/mol. The Kier molecular flexibility index (Phi) is 7.67. The molecule has 0 aliphatic rings. The summed E-state index contributed by atoms with van der Waals surface area (Å²) in [6, 6.07) is 7.07. The summed E-state index contributed by atoms with van der Waals surface area (Å²) in [5.74, 6) is -3.38. The largest absolute Gasteiger partial charge is 0.480 e. The van der Waals surface area contributed by atoms with E-state index in [9.17, 15) is 28.6 Å². The molecule has 2 atom stereocenters. The van der Waals surface area contributed by atoms with Crippen molar-refractivity contribution in [2.24, 2.45) is 5.92 Å². The van der Waals surface area contributed by atoms with Gasteiger partial charge in [0.2, 0.25) is 0 Å². The molecular formula is C21H23F2NO5. The Labute approximate surface area is 167 Å². The summed E-state index contributed by atoms with van der Waals surface area (Å²) in [6.45, 7) is 3.72. The van der Waals surface area contributed by atoms with Crippen LogP contribution in [0.1, 0.15) is 25.8 Å². The Balaban J connectivity index is 2.06. The zero-order chi connectivity index (χ0) is 21.6. The Morgan fingerprint density at radius 1 is 0.931 bits per heavy atom. The molecule has 0 amide bonds. The summed E-state index contributed by atoms with van der Waals surface area (Å²) < 4.78 is 31.9. The van der Waals surface area contributed by atoms with Crippen molar-refractivity contribution in [1.82, 2.24) is 5.32 Å². The third-order valence-corrected chi connectivity index (χ3v) is 4.14. The molecular weight excluding hydrogens is 384 g/mol. The molecule has 2 rings (SSSR count). The number of ether oxygens (including phenoxy) is 1. The minimum absolute atomic E-state index is 0.00156. The van der Waals surface area contributed by atoms with Crippen LogP contribution in [0.15, 0.2) is 42.5 Å². The molecule has 0 unspecified atom stereocenters. The number of nitrogens with one attached hydrogen (secondary N) is 1. The van der Waals surface area contributed by atoms with Gasteiger partial charge in [0, 0.05) is 18.2 Å². The molecule has 6 nitrogen and oxygen atoms in total. The molecule has 29 heavy (non-hydrogen) atoms. The number of carboxylic acid groups (broad SMARTS) is 2. The van der Waals surface area contributed by atoms with Crippen LogP contribution >= 0.6 is 0 Å². The van der Waals surface area contributed by atoms with Crippen molar-refractivity contribution in [3.8, 4) is 11.5 Å². The van der Waals surface area contributed by atoms with E-state index < -0.39 is 35.7 Å². The van der Waals surface area contributed by atoms with E-state index in [1.807, 2.05) is 13.8 Å². The highest BCUT2D eigenvalue weighted by Crippen LogP contribution is 2.24. The third-order valence-electron chi connectivity index (χ3n) is 4.14. The number of halogens is 2. The third kappa shape index (κ3) is 7.15. The number of benzene rings is 2. The van der Waals surface area contributed by atoms with Gasteiger partial charge in [-0.25, -0.2) is 8.78 Å². The number of rotatable bonds is 10. The summed E-state index contributed by atoms with van der Waals surface area (Å²) in [4.78, 5) is 23.0. The predicted octanol–water partition coefficient (Wildman–Crippen LogP) is 3.84. The number of hydrogen-bond acceptors (Lipinski definition) is 4. The van der Waals surface area contributed by atoms with E-state index in [4.69, 9.17) is 4.74 Å². The van der Waals surface area contributed by atoms with Gasteiger partial charge in [0.05, 0.1) is 0 Å². The monoisotopic (exact) mass is 407 g/mol. The zero-order valence-electron chi connectivity index (χ0n) is 16.1. The Morgan fingerprint density at radius 2 is 1.48 bits per heavy atom. The number of aliphatic carboxylic acids is 2. The van der Waals surface area contributed by atoms with Crippen LogP contribution in [0, 0.1) is 17.6 Å². The lowest BCUT2D eigenvalue weighted by atomic mass is 10.0. The normalized spacial score (nSPS) is 13.1. The lowest BCUT2D eigenvalue weighted by Crippen LogP contribution is -2.48. The van der Waals surface area contributed by atoms with Crippen LogP contribution in [0.3, 0.4) is 0 Å². The maximum absolute atomic E-state index is 13.2. The first kappa shape index (κ1) is 22.3. The first-order chi connectivity index (χ1) is 13.6. The van der Waals surface area contributed by atoms with Crippen molar-refractivity contribution in [1.29, 1.82) is 0 Å². The second kappa shape index (κ2) is 9.97. The molecule has 0 spiro atoms. The van der Waals surface area contributed by atoms with Crippen LogP contribution in [-0.4, -0.2) is 34.2 Å². The average molecular weight is 407 g/mol. The fourth-order valence-electron chi connectivity index (χ4n) is 2.82. The minimum atomic E-state index is -1.16. The molecule has 0 heterocycles. The van der Waals surface area contributed by atoms with E-state index in [0.29, 0.717) is 17.7 Å². The molecule has 0 bridgehead atoms. The molecule has 2 aromatic carbocycles. The molecule has 0 aliphatic carbocycles. The van der Waals surface area contributed by atoms with E-state index in [0.717, 1.165) is 18.2 Å². The molecule has 3 N–H and O–H groups in total. The van der Waals surface area contributed by atoms with E-state index in [1.54, 1.807) is 24.3 Å². The second-order valence-corrected chi connectivity index (χ2v) is 7.13. The van der Waals surface area contributed by atoms with E-state index >= 15 is 0 Å². The van der Waals surface area contributed by atoms with Crippen molar-refractivity contribution in [3.05, 3.63) is 59.7 Å². The minimum Gasteiger partial charge on any atom is -0.480 e. The van der Waals surface area contributed by atoms with E-state index in [2.05, 4.69) is 5.32 Å². The quantitative estimate of drug-likeness (QED) is 0.554. The van der Waals surface area contributed by atoms with E-state index in [1.165, 1.54) is 0 Å². The summed E-state index contributed by atoms with van der Waals surface area (Å²) in [6.07, 6.45) is 0.363. The maximum atomic E-state index is 13.2. The van der Waals surface area contributed by atoms with Gasteiger partial charge in [-0.1, -0.05) is 26.0 Å². The van der Waals surface area contributed by atoms with Crippen molar-refractivity contribution in [2.45, 2.75) is 38.8 Å². The lowest BCUT2D eigenvalue weighted by Gasteiger charge is -2.21. The highest BCUT2D eigenvalue weighted by molar-refractivity contribution is 5.77. The van der Waals surface area contributed by atoms with Gasteiger partial charge in [-0.15, -0.1) is 0 Å². The Hall–Kier alpha value is -3.00. The molecule has 0 radical (unpaired) electrons. The van der Waals surface area contributed by atoms with Gasteiger partial charge in [0.25, 0.3) is 0 Å². The topological polar surface area (TPSA) is 95.9 Å². The van der Waals surface area contributed by atoms with E-state index in [-0.39, 0.29) is 18.1 Å². The van der Waals surface area contributed by atoms with Gasteiger partial charge in [-0.05, 0) is 36.5 Å². The molecule has 0 fully saturated rings. The molecule has 0 aliphatic heterocycles.